The Bertz CT molecular complexity index is 1160. The average molecular weight is 383 g/mol. The van der Waals surface area contributed by atoms with Crippen LogP contribution in [-0.4, -0.2) is 32.9 Å². The van der Waals surface area contributed by atoms with E-state index in [2.05, 4.69) is 5.32 Å². The zero-order valence-corrected chi connectivity index (χ0v) is 14.8. The van der Waals surface area contributed by atoms with E-state index in [-0.39, 0.29) is 46.2 Å². The van der Waals surface area contributed by atoms with Gasteiger partial charge in [-0.1, -0.05) is 6.92 Å². The summed E-state index contributed by atoms with van der Waals surface area (Å²) in [6.45, 7) is 1.91. The molecule has 1 amide bonds. The fraction of sp³-hybridized carbons (Fsp3) is 0.200. The molecule has 1 aromatic heterocycles. The number of hydrogen-bond donors (Lipinski definition) is 5. The molecule has 28 heavy (non-hydrogen) atoms. The van der Waals surface area contributed by atoms with Crippen molar-refractivity contribution in [1.82, 2.24) is 5.32 Å². The lowest BCUT2D eigenvalue weighted by Crippen LogP contribution is -2.17. The molecular formula is C20H17NO7. The molecule has 144 valence electrons. The third-order valence-electron chi connectivity index (χ3n) is 5.15. The first-order valence-corrected chi connectivity index (χ1v) is 8.61. The predicted molar refractivity (Wildman–Crippen MR) is 99.5 cm³/mol. The van der Waals surface area contributed by atoms with Crippen LogP contribution < -0.4 is 10.7 Å². The number of benzene rings is 2. The van der Waals surface area contributed by atoms with Crippen molar-refractivity contribution in [2.45, 2.75) is 12.8 Å². The Morgan fingerprint density at radius 1 is 1.04 bits per heavy atom. The molecule has 0 bridgehead atoms. The van der Waals surface area contributed by atoms with Gasteiger partial charge in [0.15, 0.2) is 5.76 Å². The van der Waals surface area contributed by atoms with Crippen molar-refractivity contribution < 1.29 is 29.6 Å². The lowest BCUT2D eigenvalue weighted by atomic mass is 9.87. The molecule has 1 fully saturated rings. The van der Waals surface area contributed by atoms with E-state index in [1.807, 2.05) is 0 Å². The summed E-state index contributed by atoms with van der Waals surface area (Å²) in [4.78, 5) is 24.7. The Kier molecular flexibility index (Phi) is 3.92. The number of carbonyl (C=O) groups excluding carboxylic acids is 1. The number of carbonyl (C=O) groups is 1. The van der Waals surface area contributed by atoms with Crippen LogP contribution >= 0.6 is 0 Å². The highest BCUT2D eigenvalue weighted by molar-refractivity contribution is 5.93. The maximum absolute atomic E-state index is 12.8. The monoisotopic (exact) mass is 383 g/mol. The van der Waals surface area contributed by atoms with Crippen molar-refractivity contribution in [1.29, 1.82) is 0 Å². The number of amides is 1. The van der Waals surface area contributed by atoms with Crippen molar-refractivity contribution >= 4 is 16.9 Å². The fourth-order valence-corrected chi connectivity index (χ4v) is 3.59. The third-order valence-corrected chi connectivity index (χ3v) is 5.15. The van der Waals surface area contributed by atoms with E-state index < -0.39 is 28.8 Å². The summed E-state index contributed by atoms with van der Waals surface area (Å²) >= 11 is 0. The van der Waals surface area contributed by atoms with E-state index in [1.165, 1.54) is 24.3 Å². The third kappa shape index (κ3) is 2.53. The van der Waals surface area contributed by atoms with Gasteiger partial charge in [0.05, 0.1) is 0 Å². The van der Waals surface area contributed by atoms with Gasteiger partial charge in [-0.25, -0.2) is 0 Å². The standard InChI is InChI=1S/C20H17NO7/c1-8-11(7-21-20(8)27)14-12(23)6-13(24)15-16(25)17(26)18(28-19(14)15)9-2-4-10(22)5-3-9/h2-6,8,11,22-24,26H,7H2,1H3,(H,21,27). The lowest BCUT2D eigenvalue weighted by molar-refractivity contribution is -0.122. The minimum atomic E-state index is -0.868. The summed E-state index contributed by atoms with van der Waals surface area (Å²) in [5.74, 6) is -2.93. The maximum Gasteiger partial charge on any atom is 0.238 e. The Labute approximate surface area is 158 Å². The minimum absolute atomic E-state index is 0.00767. The Morgan fingerprint density at radius 2 is 1.71 bits per heavy atom. The molecule has 1 aliphatic heterocycles. The molecule has 5 N–H and O–H groups in total. The number of rotatable bonds is 2. The van der Waals surface area contributed by atoms with Crippen LogP contribution in [0.2, 0.25) is 0 Å². The zero-order chi connectivity index (χ0) is 20.2. The van der Waals surface area contributed by atoms with Crippen LogP contribution in [0.4, 0.5) is 0 Å². The van der Waals surface area contributed by atoms with Gasteiger partial charge in [-0.2, -0.15) is 0 Å². The number of fused-ring (bicyclic) bond motifs is 1. The number of nitrogens with one attached hydrogen (secondary N) is 1. The van der Waals surface area contributed by atoms with E-state index in [0.717, 1.165) is 6.07 Å². The van der Waals surface area contributed by atoms with Gasteiger partial charge in [0.2, 0.25) is 17.1 Å². The Hall–Kier alpha value is -3.68. The molecule has 8 heteroatoms. The van der Waals surface area contributed by atoms with Crippen molar-refractivity contribution in [3.8, 4) is 34.3 Å². The Balaban J connectivity index is 2.07. The average Bonchev–Trinajstić information content (AvgIpc) is 2.97. The van der Waals surface area contributed by atoms with Gasteiger partial charge in [-0.05, 0) is 24.3 Å². The van der Waals surface area contributed by atoms with Crippen LogP contribution in [0.1, 0.15) is 18.4 Å². The van der Waals surface area contributed by atoms with Crippen LogP contribution in [0.25, 0.3) is 22.3 Å². The molecule has 2 atom stereocenters. The Morgan fingerprint density at radius 3 is 2.32 bits per heavy atom. The molecular weight excluding hydrogens is 366 g/mol. The van der Waals surface area contributed by atoms with E-state index in [4.69, 9.17) is 4.42 Å². The molecule has 8 nitrogen and oxygen atoms in total. The first-order chi connectivity index (χ1) is 13.3. The summed E-state index contributed by atoms with van der Waals surface area (Å²) in [7, 11) is 0. The SMILES string of the molecule is CC1C(=O)NCC1c1c(O)cc(O)c2c(=O)c(O)c(-c3ccc(O)cc3)oc12. The molecule has 2 heterocycles. The molecule has 4 rings (SSSR count). The maximum atomic E-state index is 12.8. The van der Waals surface area contributed by atoms with Crippen molar-refractivity contribution in [2.24, 2.45) is 5.92 Å². The van der Waals surface area contributed by atoms with Gasteiger partial charge in [-0.15, -0.1) is 0 Å². The molecule has 0 aliphatic carbocycles. The summed E-state index contributed by atoms with van der Waals surface area (Å²) in [6.07, 6.45) is 0. The summed E-state index contributed by atoms with van der Waals surface area (Å²) in [5.41, 5.74) is -0.447. The van der Waals surface area contributed by atoms with E-state index >= 15 is 0 Å². The van der Waals surface area contributed by atoms with Crippen molar-refractivity contribution in [2.75, 3.05) is 6.54 Å². The first-order valence-electron chi connectivity index (χ1n) is 8.61. The van der Waals surface area contributed by atoms with Crippen molar-refractivity contribution in [3.63, 3.8) is 0 Å². The second-order valence-electron chi connectivity index (χ2n) is 6.83. The molecule has 2 unspecified atom stereocenters. The van der Waals surface area contributed by atoms with Crippen LogP contribution in [0.3, 0.4) is 0 Å². The lowest BCUT2D eigenvalue weighted by Gasteiger charge is -2.18. The van der Waals surface area contributed by atoms with Crippen LogP contribution in [-0.2, 0) is 4.79 Å². The smallest absolute Gasteiger partial charge is 0.238 e. The topological polar surface area (TPSA) is 140 Å². The predicted octanol–water partition coefficient (Wildman–Crippen LogP) is 2.13. The highest BCUT2D eigenvalue weighted by Gasteiger charge is 2.36. The van der Waals surface area contributed by atoms with Gasteiger partial charge < -0.3 is 30.2 Å². The van der Waals surface area contributed by atoms with Gasteiger partial charge in [0.25, 0.3) is 0 Å². The second kappa shape index (κ2) is 6.19. The van der Waals surface area contributed by atoms with E-state index in [0.29, 0.717) is 5.56 Å². The summed E-state index contributed by atoms with van der Waals surface area (Å²) < 4.78 is 5.80. The van der Waals surface area contributed by atoms with Gasteiger partial charge >= 0.3 is 0 Å². The van der Waals surface area contributed by atoms with Crippen LogP contribution in [0, 0.1) is 5.92 Å². The fourth-order valence-electron chi connectivity index (χ4n) is 3.59. The van der Waals surface area contributed by atoms with Gasteiger partial charge in [-0.3, -0.25) is 9.59 Å². The first kappa shape index (κ1) is 17.7. The molecule has 1 aliphatic rings. The normalized spacial score (nSPS) is 19.1. The van der Waals surface area contributed by atoms with Crippen LogP contribution in [0.15, 0.2) is 39.5 Å². The second-order valence-corrected chi connectivity index (χ2v) is 6.83. The largest absolute Gasteiger partial charge is 0.508 e. The molecule has 2 aromatic carbocycles. The number of aromatic hydroxyl groups is 4. The number of phenolic OH excluding ortho intramolecular Hbond substituents is 3. The van der Waals surface area contributed by atoms with Crippen molar-refractivity contribution in [3.05, 3.63) is 46.1 Å². The van der Waals surface area contributed by atoms with Gasteiger partial charge in [0, 0.05) is 35.6 Å². The highest BCUT2D eigenvalue weighted by Crippen LogP contribution is 2.44. The molecule has 3 aromatic rings. The summed E-state index contributed by atoms with van der Waals surface area (Å²) in [5, 5.41) is 42.9. The zero-order valence-electron chi connectivity index (χ0n) is 14.8. The van der Waals surface area contributed by atoms with Crippen LogP contribution in [0.5, 0.6) is 23.0 Å². The summed E-state index contributed by atoms with van der Waals surface area (Å²) in [6, 6.07) is 6.63. The van der Waals surface area contributed by atoms with E-state index in [1.54, 1.807) is 6.92 Å². The number of hydrogen-bond acceptors (Lipinski definition) is 7. The van der Waals surface area contributed by atoms with Gasteiger partial charge in [0.1, 0.15) is 28.2 Å². The molecule has 0 spiro atoms. The number of phenols is 3. The highest BCUT2D eigenvalue weighted by atomic mass is 16.4. The minimum Gasteiger partial charge on any atom is -0.508 e. The molecule has 0 radical (unpaired) electrons. The molecule has 0 saturated carbocycles. The quantitative estimate of drug-likeness (QED) is 0.457. The van der Waals surface area contributed by atoms with E-state index in [9.17, 15) is 30.0 Å². The molecule has 1 saturated heterocycles.